The first-order chi connectivity index (χ1) is 9.11. The van der Waals surface area contributed by atoms with Gasteiger partial charge in [0.1, 0.15) is 0 Å². The molecule has 1 fully saturated rings. The number of nitrogens with one attached hydrogen (secondary N) is 1. The average Bonchev–Trinajstić information content (AvgIpc) is 2.39. The molecule has 1 atom stereocenters. The summed E-state index contributed by atoms with van der Waals surface area (Å²) in [5.74, 6) is 0.784. The molecule has 19 heavy (non-hydrogen) atoms. The van der Waals surface area contributed by atoms with E-state index in [1.54, 1.807) is 0 Å². The van der Waals surface area contributed by atoms with Crippen molar-refractivity contribution in [2.24, 2.45) is 5.92 Å². The molecule has 1 aromatic rings. The summed E-state index contributed by atoms with van der Waals surface area (Å²) in [6, 6.07) is 6.08. The molecular weight excluding hydrogens is 236 g/mol. The van der Waals surface area contributed by atoms with Crippen molar-refractivity contribution < 1.29 is 4.79 Å². The molecule has 0 bridgehead atoms. The number of piperidine rings is 1. The van der Waals surface area contributed by atoms with E-state index in [4.69, 9.17) is 0 Å². The van der Waals surface area contributed by atoms with Crippen molar-refractivity contribution in [3.05, 3.63) is 34.9 Å². The van der Waals surface area contributed by atoms with Gasteiger partial charge in [0.2, 0.25) is 0 Å². The van der Waals surface area contributed by atoms with Gasteiger partial charge in [-0.05, 0) is 57.8 Å². The molecule has 1 saturated heterocycles. The maximum atomic E-state index is 12.6. The fraction of sp³-hybridized carbons (Fsp3) is 0.562. The molecule has 1 heterocycles. The van der Waals surface area contributed by atoms with Crippen molar-refractivity contribution in [1.82, 2.24) is 10.2 Å². The monoisotopic (exact) mass is 260 g/mol. The van der Waals surface area contributed by atoms with Gasteiger partial charge in [-0.1, -0.05) is 17.7 Å². The minimum Gasteiger partial charge on any atom is -0.338 e. The van der Waals surface area contributed by atoms with Crippen molar-refractivity contribution in [1.29, 1.82) is 0 Å². The van der Waals surface area contributed by atoms with Crippen LogP contribution in [0.3, 0.4) is 0 Å². The number of benzene rings is 1. The first-order valence-corrected chi connectivity index (χ1v) is 7.13. The van der Waals surface area contributed by atoms with Gasteiger partial charge in [0, 0.05) is 18.7 Å². The standard InChI is InChI=1S/C16H24N2O/c1-12-6-7-15(13(2)9-12)16(19)18-8-4-5-14(11-18)10-17-3/h6-7,9,14,17H,4-5,8,10-11H2,1-3H3/t14-/m0/s1. The van der Waals surface area contributed by atoms with Crippen molar-refractivity contribution in [2.45, 2.75) is 26.7 Å². The summed E-state index contributed by atoms with van der Waals surface area (Å²) < 4.78 is 0. The van der Waals surface area contributed by atoms with Crippen LogP contribution in [0.4, 0.5) is 0 Å². The van der Waals surface area contributed by atoms with Crippen molar-refractivity contribution in [2.75, 3.05) is 26.7 Å². The number of hydrogen-bond donors (Lipinski definition) is 1. The van der Waals surface area contributed by atoms with Crippen LogP contribution in [0.25, 0.3) is 0 Å². The fourth-order valence-corrected chi connectivity index (χ4v) is 2.93. The molecule has 0 spiro atoms. The Labute approximate surface area is 116 Å². The Kier molecular flexibility index (Phi) is 4.59. The van der Waals surface area contributed by atoms with E-state index in [9.17, 15) is 4.79 Å². The zero-order valence-corrected chi connectivity index (χ0v) is 12.2. The van der Waals surface area contributed by atoms with E-state index in [0.29, 0.717) is 5.92 Å². The largest absolute Gasteiger partial charge is 0.338 e. The highest BCUT2D eigenvalue weighted by atomic mass is 16.2. The Bertz CT molecular complexity index is 454. The van der Waals surface area contributed by atoms with E-state index in [-0.39, 0.29) is 5.91 Å². The van der Waals surface area contributed by atoms with Crippen molar-refractivity contribution >= 4 is 5.91 Å². The highest BCUT2D eigenvalue weighted by Crippen LogP contribution is 2.20. The van der Waals surface area contributed by atoms with Gasteiger partial charge in [-0.25, -0.2) is 0 Å². The van der Waals surface area contributed by atoms with E-state index in [0.717, 1.165) is 37.2 Å². The van der Waals surface area contributed by atoms with Gasteiger partial charge < -0.3 is 10.2 Å². The van der Waals surface area contributed by atoms with Crippen molar-refractivity contribution in [3.63, 3.8) is 0 Å². The quantitative estimate of drug-likeness (QED) is 0.905. The third-order valence-corrected chi connectivity index (χ3v) is 3.91. The summed E-state index contributed by atoms with van der Waals surface area (Å²) in [5, 5.41) is 3.22. The second-order valence-electron chi connectivity index (χ2n) is 5.64. The van der Waals surface area contributed by atoms with Crippen molar-refractivity contribution in [3.8, 4) is 0 Å². The number of amides is 1. The maximum absolute atomic E-state index is 12.6. The molecule has 3 heteroatoms. The zero-order chi connectivity index (χ0) is 13.8. The molecule has 3 nitrogen and oxygen atoms in total. The van der Waals surface area contributed by atoms with Gasteiger partial charge in [-0.3, -0.25) is 4.79 Å². The number of likely N-dealkylation sites (tertiary alicyclic amines) is 1. The fourth-order valence-electron chi connectivity index (χ4n) is 2.93. The Morgan fingerprint density at radius 3 is 2.89 bits per heavy atom. The van der Waals surface area contributed by atoms with Crippen LogP contribution in [0.15, 0.2) is 18.2 Å². The second-order valence-corrected chi connectivity index (χ2v) is 5.64. The Hall–Kier alpha value is -1.35. The number of carbonyl (C=O) groups is 1. The van der Waals surface area contributed by atoms with Crippen LogP contribution in [0, 0.1) is 19.8 Å². The lowest BCUT2D eigenvalue weighted by molar-refractivity contribution is 0.0673. The molecule has 0 aliphatic carbocycles. The molecule has 0 saturated carbocycles. The molecule has 1 aliphatic heterocycles. The third kappa shape index (κ3) is 3.35. The Morgan fingerprint density at radius 2 is 2.21 bits per heavy atom. The Balaban J connectivity index is 2.10. The van der Waals surface area contributed by atoms with Gasteiger partial charge in [-0.2, -0.15) is 0 Å². The highest BCUT2D eigenvalue weighted by Gasteiger charge is 2.24. The van der Waals surface area contributed by atoms with Crippen LogP contribution in [0.2, 0.25) is 0 Å². The summed E-state index contributed by atoms with van der Waals surface area (Å²) in [7, 11) is 1.98. The molecule has 0 aromatic heterocycles. The normalized spacial score (nSPS) is 19.5. The predicted molar refractivity (Wildman–Crippen MR) is 78.5 cm³/mol. The van der Waals surface area contributed by atoms with Crippen LogP contribution in [0.5, 0.6) is 0 Å². The van der Waals surface area contributed by atoms with Crippen LogP contribution < -0.4 is 5.32 Å². The number of hydrogen-bond acceptors (Lipinski definition) is 2. The van der Waals surface area contributed by atoms with Gasteiger partial charge >= 0.3 is 0 Å². The summed E-state index contributed by atoms with van der Waals surface area (Å²) in [5.41, 5.74) is 3.15. The SMILES string of the molecule is CNC[C@@H]1CCCN(C(=O)c2ccc(C)cc2C)C1. The number of aryl methyl sites for hydroxylation is 2. The number of rotatable bonds is 3. The number of carbonyl (C=O) groups excluding carboxylic acids is 1. The van der Waals surface area contributed by atoms with E-state index in [2.05, 4.69) is 18.3 Å². The lowest BCUT2D eigenvalue weighted by Crippen LogP contribution is -2.42. The molecule has 2 rings (SSSR count). The summed E-state index contributed by atoms with van der Waals surface area (Å²) in [4.78, 5) is 14.6. The molecule has 0 radical (unpaired) electrons. The van der Waals surface area contributed by atoms with Crippen LogP contribution in [-0.2, 0) is 0 Å². The summed E-state index contributed by atoms with van der Waals surface area (Å²) >= 11 is 0. The van der Waals surface area contributed by atoms with Crippen LogP contribution >= 0.6 is 0 Å². The number of nitrogens with zero attached hydrogens (tertiary/aromatic N) is 1. The van der Waals surface area contributed by atoms with Gasteiger partial charge in [0.25, 0.3) is 5.91 Å². The maximum Gasteiger partial charge on any atom is 0.254 e. The Morgan fingerprint density at radius 1 is 1.42 bits per heavy atom. The molecule has 104 valence electrons. The van der Waals surface area contributed by atoms with E-state index in [1.807, 2.05) is 31.0 Å². The molecule has 1 aliphatic rings. The molecule has 1 N–H and O–H groups in total. The lowest BCUT2D eigenvalue weighted by Gasteiger charge is -2.33. The minimum atomic E-state index is 0.193. The lowest BCUT2D eigenvalue weighted by atomic mass is 9.96. The second kappa shape index (κ2) is 6.20. The average molecular weight is 260 g/mol. The topological polar surface area (TPSA) is 32.3 Å². The van der Waals surface area contributed by atoms with Crippen LogP contribution in [0.1, 0.15) is 34.3 Å². The molecular formula is C16H24N2O. The van der Waals surface area contributed by atoms with E-state index in [1.165, 1.54) is 12.0 Å². The van der Waals surface area contributed by atoms with Gasteiger partial charge in [-0.15, -0.1) is 0 Å². The van der Waals surface area contributed by atoms with Gasteiger partial charge in [0.05, 0.1) is 0 Å². The minimum absolute atomic E-state index is 0.193. The first-order valence-electron chi connectivity index (χ1n) is 7.13. The first kappa shape index (κ1) is 14.1. The smallest absolute Gasteiger partial charge is 0.254 e. The van der Waals surface area contributed by atoms with E-state index < -0.39 is 0 Å². The third-order valence-electron chi connectivity index (χ3n) is 3.91. The van der Waals surface area contributed by atoms with E-state index >= 15 is 0 Å². The summed E-state index contributed by atoms with van der Waals surface area (Å²) in [6.45, 7) is 6.86. The molecule has 1 aromatic carbocycles. The summed E-state index contributed by atoms with van der Waals surface area (Å²) in [6.07, 6.45) is 2.33. The van der Waals surface area contributed by atoms with Gasteiger partial charge in [0.15, 0.2) is 0 Å². The molecule has 0 unspecified atom stereocenters. The zero-order valence-electron chi connectivity index (χ0n) is 12.2. The molecule has 1 amide bonds. The predicted octanol–water partition coefficient (Wildman–Crippen LogP) is 2.38. The van der Waals surface area contributed by atoms with Crippen LogP contribution in [-0.4, -0.2) is 37.5 Å². The highest BCUT2D eigenvalue weighted by molar-refractivity contribution is 5.95.